The lowest BCUT2D eigenvalue weighted by Crippen LogP contribution is -2.53. The maximum Gasteiger partial charge on any atom is 0.270 e. The highest BCUT2D eigenvalue weighted by atomic mass is 33.1. The van der Waals surface area contributed by atoms with E-state index in [-0.39, 0.29) is 92.3 Å². The van der Waals surface area contributed by atoms with Crippen molar-refractivity contribution in [1.82, 2.24) is 47.4 Å². The molecule has 25 heteroatoms. The lowest BCUT2D eigenvalue weighted by Gasteiger charge is -2.28. The van der Waals surface area contributed by atoms with Gasteiger partial charge in [0.2, 0.25) is 53.2 Å². The number of nitrogens with zero attached hydrogens (tertiary/aromatic N) is 2. The van der Waals surface area contributed by atoms with E-state index in [1.165, 1.54) is 7.05 Å². The summed E-state index contributed by atoms with van der Waals surface area (Å²) in [7, 11) is 3.64. The van der Waals surface area contributed by atoms with Crippen LogP contribution in [0.3, 0.4) is 0 Å². The molecule has 0 spiro atoms. The Morgan fingerprint density at radius 2 is 1.33 bits per heavy atom. The molecule has 3 aromatic rings. The molecule has 23 nitrogen and oxygen atoms in total. The molecule has 86 heavy (non-hydrogen) atoms. The van der Waals surface area contributed by atoms with Gasteiger partial charge in [-0.3, -0.25) is 47.9 Å². The molecule has 1 fully saturated rings. The second kappa shape index (κ2) is 39.0. The second-order valence-corrected chi connectivity index (χ2v) is 23.6. The number of carbonyl (C=O) groups excluding carboxylic acids is 10. The summed E-state index contributed by atoms with van der Waals surface area (Å²) in [6, 6.07) is 22.1. The van der Waals surface area contributed by atoms with Crippen LogP contribution in [0.25, 0.3) is 0 Å². The number of aliphatic imine (C=N–C) groups is 1. The Hall–Kier alpha value is -7.77. The van der Waals surface area contributed by atoms with Crippen LogP contribution in [0.5, 0.6) is 0 Å². The summed E-state index contributed by atoms with van der Waals surface area (Å²) in [4.78, 5) is 140. The molecule has 0 aliphatic carbocycles. The fourth-order valence-electron chi connectivity index (χ4n) is 9.42. The summed E-state index contributed by atoms with van der Waals surface area (Å²) in [5, 5.41) is 21.8. The smallest absolute Gasteiger partial charge is 0.270 e. The summed E-state index contributed by atoms with van der Waals surface area (Å²) in [5.41, 5.74) is 20.1. The number of amides is 10. The number of likely N-dealkylation sites (tertiary alicyclic amines) is 1. The number of unbranched alkanes of at least 4 members (excludes halogenated alkanes) is 1. The summed E-state index contributed by atoms with van der Waals surface area (Å²) < 4.78 is 0. The largest absolute Gasteiger partial charge is 0.403 e. The number of hydrogen-bond acceptors (Lipinski definition) is 14. The average Bonchev–Trinajstić information content (AvgIpc) is 4.00. The molecule has 1 saturated heterocycles. The van der Waals surface area contributed by atoms with Gasteiger partial charge in [-0.1, -0.05) is 140 Å². The SMILES string of the molecule is CCCC(=O)N[C@@H](C/C(=C/N)N/C=N\C(=O)[C@H](CSSC[C@H](NC(=O)[C@@H]1CCCN1C(=O)CC(c1ccccc1)c1ccccc1)C(=O)NC)NC(=O)[C@@H](CCCCN)NC(=O)C[C@H](Cc1ccccc1)NC(=O)CNC(=O)C[C@@H](C)CC)C(N)=O. The second-order valence-electron chi connectivity index (χ2n) is 21.1. The molecule has 10 amide bonds. The van der Waals surface area contributed by atoms with Crippen molar-refractivity contribution in [2.75, 3.05) is 38.2 Å². The highest BCUT2D eigenvalue weighted by Crippen LogP contribution is 2.31. The Morgan fingerprint density at radius 3 is 1.92 bits per heavy atom. The quantitative estimate of drug-likeness (QED) is 0.0170. The number of nitrogens with two attached hydrogens (primary N) is 3. The molecule has 7 atom stereocenters. The lowest BCUT2D eigenvalue weighted by molar-refractivity contribution is -0.139. The zero-order chi connectivity index (χ0) is 62.8. The molecule has 0 radical (unpaired) electrons. The minimum absolute atomic E-state index is 0.0100. The zero-order valence-corrected chi connectivity index (χ0v) is 51.3. The molecular weight excluding hydrogens is 1140 g/mol. The van der Waals surface area contributed by atoms with E-state index < -0.39 is 83.5 Å². The van der Waals surface area contributed by atoms with Crippen LogP contribution in [0, 0.1) is 5.92 Å². The first-order valence-electron chi connectivity index (χ1n) is 29.3. The molecule has 0 saturated carbocycles. The fourth-order valence-corrected chi connectivity index (χ4v) is 11.7. The van der Waals surface area contributed by atoms with Crippen LogP contribution in [0.2, 0.25) is 0 Å². The van der Waals surface area contributed by atoms with Crippen LogP contribution in [0.15, 0.2) is 108 Å². The third kappa shape index (κ3) is 25.4. The van der Waals surface area contributed by atoms with E-state index in [9.17, 15) is 47.9 Å². The van der Waals surface area contributed by atoms with Gasteiger partial charge in [-0.25, -0.2) is 4.99 Å². The van der Waals surface area contributed by atoms with Gasteiger partial charge in [-0.15, -0.1) is 0 Å². The van der Waals surface area contributed by atoms with Crippen LogP contribution in [-0.2, 0) is 54.4 Å². The normalized spacial score (nSPS) is 15.3. The van der Waals surface area contributed by atoms with Crippen molar-refractivity contribution >= 4 is 87.0 Å². The van der Waals surface area contributed by atoms with Gasteiger partial charge in [0.15, 0.2) is 0 Å². The topological polar surface area (TPSA) is 361 Å². The Balaban J connectivity index is 1.52. The van der Waals surface area contributed by atoms with Gasteiger partial charge < -0.3 is 64.6 Å². The van der Waals surface area contributed by atoms with E-state index in [0.717, 1.165) is 57.2 Å². The van der Waals surface area contributed by atoms with Gasteiger partial charge in [0.05, 0.1) is 12.9 Å². The first kappa shape index (κ1) is 70.7. The monoisotopic (exact) mass is 1230 g/mol. The van der Waals surface area contributed by atoms with E-state index in [4.69, 9.17) is 17.2 Å². The predicted molar refractivity (Wildman–Crippen MR) is 335 cm³/mol. The molecule has 0 aromatic heterocycles. The molecule has 1 heterocycles. The Labute approximate surface area is 512 Å². The minimum Gasteiger partial charge on any atom is -0.403 e. The predicted octanol–water partition coefficient (Wildman–Crippen LogP) is 2.69. The maximum absolute atomic E-state index is 14.4. The molecule has 14 N–H and O–H groups in total. The van der Waals surface area contributed by atoms with Crippen molar-refractivity contribution in [3.8, 4) is 0 Å². The van der Waals surface area contributed by atoms with Crippen molar-refractivity contribution < 1.29 is 47.9 Å². The standard InChI is InChI=1S/C61H87N13O10S2/c1-5-19-52(75)71-48(57(64)80)32-45(35-63)67-39-68-59(82)50(72-60(83)47(26-16-17-28-62)70-54(77)33-44(31-41-20-10-7-11-21-41)69-55(78)36-66-53(76)30-40(3)6-2)38-86-85-37-49(58(81)65-4)73-61(84)51-27-18-29-74(51)56(79)34-46(42-22-12-8-13-23-42)43-24-14-9-15-25-43/h7-15,20-25,35,39-40,44,46-51H,5-6,16-19,26-34,36-38,62-63H2,1-4H3,(H2,64,80)(H,65,81)(H,66,76)(H,69,78)(H,70,77)(H,71,75)(H,72,83)(H,73,84)(H,67,68,82)/b45-35-/t40-,44-,47+,48-,49-,50-,51-/m0/s1. The number of primary amides is 1. The van der Waals surface area contributed by atoms with Crippen molar-refractivity contribution in [2.24, 2.45) is 28.1 Å². The van der Waals surface area contributed by atoms with Gasteiger partial charge >= 0.3 is 0 Å². The van der Waals surface area contributed by atoms with Gasteiger partial charge in [0, 0.05) is 81.1 Å². The number of likely N-dealkylation sites (N-methyl/N-ethyl adjacent to an activating group) is 1. The summed E-state index contributed by atoms with van der Waals surface area (Å²) in [5.74, 6) is -5.71. The molecule has 0 unspecified atom stereocenters. The van der Waals surface area contributed by atoms with Gasteiger partial charge in [0.1, 0.15) is 30.2 Å². The van der Waals surface area contributed by atoms with Crippen LogP contribution >= 0.6 is 21.6 Å². The fraction of sp³-hybridized carbons (Fsp3) is 0.492. The van der Waals surface area contributed by atoms with Crippen molar-refractivity contribution in [3.63, 3.8) is 0 Å². The summed E-state index contributed by atoms with van der Waals surface area (Å²) in [6.45, 7) is 6.05. The van der Waals surface area contributed by atoms with E-state index in [1.807, 2.05) is 105 Å². The number of nitrogens with one attached hydrogen (secondary N) is 8. The number of rotatable bonds is 38. The highest BCUT2D eigenvalue weighted by Gasteiger charge is 2.37. The highest BCUT2D eigenvalue weighted by molar-refractivity contribution is 8.76. The molecule has 1 aliphatic rings. The summed E-state index contributed by atoms with van der Waals surface area (Å²) in [6.07, 6.45) is 5.74. The van der Waals surface area contributed by atoms with Gasteiger partial charge in [-0.2, -0.15) is 0 Å². The molecule has 0 bridgehead atoms. The molecule has 3 aromatic carbocycles. The van der Waals surface area contributed by atoms with Crippen LogP contribution in [-0.4, -0.2) is 145 Å². The van der Waals surface area contributed by atoms with E-state index in [2.05, 4.69) is 47.5 Å². The van der Waals surface area contributed by atoms with E-state index in [0.29, 0.717) is 45.2 Å². The average molecular weight is 1230 g/mol. The summed E-state index contributed by atoms with van der Waals surface area (Å²) >= 11 is 0. The van der Waals surface area contributed by atoms with Crippen molar-refractivity contribution in [3.05, 3.63) is 120 Å². The molecule has 468 valence electrons. The van der Waals surface area contributed by atoms with E-state index >= 15 is 0 Å². The third-order valence-corrected chi connectivity index (χ3v) is 16.7. The van der Waals surface area contributed by atoms with Gasteiger partial charge in [-0.05, 0) is 74.1 Å². The zero-order valence-electron chi connectivity index (χ0n) is 49.7. The maximum atomic E-state index is 14.4. The van der Waals surface area contributed by atoms with Crippen LogP contribution < -0.4 is 59.7 Å². The van der Waals surface area contributed by atoms with Crippen LogP contribution in [0.1, 0.15) is 120 Å². The van der Waals surface area contributed by atoms with Crippen molar-refractivity contribution in [2.45, 2.75) is 146 Å². The van der Waals surface area contributed by atoms with Gasteiger partial charge in [0.25, 0.3) is 5.91 Å². The first-order valence-corrected chi connectivity index (χ1v) is 31.8. The number of carbonyl (C=O) groups is 10. The molecule has 1 aliphatic heterocycles. The first-order chi connectivity index (χ1) is 41.4. The van der Waals surface area contributed by atoms with E-state index in [1.54, 1.807) is 11.8 Å². The molecule has 4 rings (SSSR count). The lowest BCUT2D eigenvalue weighted by atomic mass is 9.88. The Morgan fingerprint density at radius 1 is 0.698 bits per heavy atom. The number of hydrogen-bond donors (Lipinski definition) is 11. The Kier molecular flexibility index (Phi) is 32.1. The van der Waals surface area contributed by atoms with Crippen molar-refractivity contribution in [1.29, 1.82) is 0 Å². The Bertz CT molecular complexity index is 2710. The third-order valence-electron chi connectivity index (χ3n) is 14.3. The molecular formula is C61H87N13O10S2. The minimum atomic E-state index is -1.37. The van der Waals surface area contributed by atoms with Crippen LogP contribution in [0.4, 0.5) is 0 Å². The number of benzene rings is 3.